The summed E-state index contributed by atoms with van der Waals surface area (Å²) in [7, 11) is 9.41. The Kier molecular flexibility index (Phi) is 28.8. The first-order valence-corrected chi connectivity index (χ1v) is 18.1. The van der Waals surface area contributed by atoms with Crippen LogP contribution in [0, 0.1) is 0 Å². The summed E-state index contributed by atoms with van der Waals surface area (Å²) in [5, 5.41) is 0. The molecule has 4 heteroatoms. The molecule has 0 aliphatic carbocycles. The number of ether oxygens (including phenoxy) is 2. The van der Waals surface area contributed by atoms with E-state index in [4.69, 9.17) is 9.47 Å². The summed E-state index contributed by atoms with van der Waals surface area (Å²) in [6.45, 7) is 12.5. The van der Waals surface area contributed by atoms with E-state index in [1.807, 2.05) is 0 Å². The molecule has 0 amide bonds. The van der Waals surface area contributed by atoms with E-state index in [2.05, 4.69) is 42.0 Å². The Morgan fingerprint density at radius 2 is 0.550 bits per heavy atom. The molecule has 40 heavy (non-hydrogen) atoms. The van der Waals surface area contributed by atoms with Gasteiger partial charge in [-0.25, -0.2) is 0 Å². The van der Waals surface area contributed by atoms with E-state index >= 15 is 0 Å². The van der Waals surface area contributed by atoms with Crippen molar-refractivity contribution in [1.29, 1.82) is 0 Å². The molecule has 0 saturated heterocycles. The molecule has 242 valence electrons. The quantitative estimate of drug-likeness (QED) is 0.0577. The van der Waals surface area contributed by atoms with Gasteiger partial charge < -0.3 is 18.4 Å². The van der Waals surface area contributed by atoms with Crippen molar-refractivity contribution in [3.63, 3.8) is 0 Å². The standard InChI is InChI=1S/C36H78N2O2/c1-7-9-11-13-15-17-19-20-22-24-26-28-30-38(5,6)32-34-40-36-35-39-33-31-37(3,4)29-27-25-23-21-18-16-14-12-10-8-2/h7-36H2,1-6H3/q+2. The molecule has 0 heterocycles. The molecule has 4 nitrogen and oxygen atoms in total. The van der Waals surface area contributed by atoms with Crippen LogP contribution >= 0.6 is 0 Å². The lowest BCUT2D eigenvalue weighted by Gasteiger charge is -2.30. The van der Waals surface area contributed by atoms with Crippen molar-refractivity contribution >= 4 is 0 Å². The maximum atomic E-state index is 5.91. The van der Waals surface area contributed by atoms with Gasteiger partial charge in [0.25, 0.3) is 0 Å². The Morgan fingerprint density at radius 1 is 0.300 bits per heavy atom. The predicted octanol–water partition coefficient (Wildman–Crippen LogP) is 9.79. The number of unbranched alkanes of at least 4 members (excludes halogenated alkanes) is 20. The van der Waals surface area contributed by atoms with Gasteiger partial charge in [0.15, 0.2) is 0 Å². The van der Waals surface area contributed by atoms with Gasteiger partial charge in [0.2, 0.25) is 0 Å². The number of hydrogen-bond donors (Lipinski definition) is 0. The minimum Gasteiger partial charge on any atom is -0.373 e. The van der Waals surface area contributed by atoms with Crippen LogP contribution in [0.3, 0.4) is 0 Å². The third-order valence-electron chi connectivity index (χ3n) is 8.79. The highest BCUT2D eigenvalue weighted by Crippen LogP contribution is 2.13. The lowest BCUT2D eigenvalue weighted by atomic mass is 10.1. The fraction of sp³-hybridized carbons (Fsp3) is 1.00. The lowest BCUT2D eigenvalue weighted by Crippen LogP contribution is -2.43. The second-order valence-electron chi connectivity index (χ2n) is 14.1. The van der Waals surface area contributed by atoms with Gasteiger partial charge in [0.05, 0.1) is 67.7 Å². The Hall–Kier alpha value is -0.160. The van der Waals surface area contributed by atoms with Crippen LogP contribution in [0.1, 0.15) is 155 Å². The van der Waals surface area contributed by atoms with E-state index in [9.17, 15) is 0 Å². The third kappa shape index (κ3) is 30.8. The van der Waals surface area contributed by atoms with Gasteiger partial charge in [-0.3, -0.25) is 0 Å². The van der Waals surface area contributed by atoms with Gasteiger partial charge in [-0.2, -0.15) is 0 Å². The van der Waals surface area contributed by atoms with E-state index in [1.165, 1.54) is 154 Å². The van der Waals surface area contributed by atoms with Gasteiger partial charge in [-0.05, 0) is 25.7 Å². The van der Waals surface area contributed by atoms with E-state index in [1.54, 1.807) is 0 Å². The number of hydrogen-bond acceptors (Lipinski definition) is 2. The highest BCUT2D eigenvalue weighted by atomic mass is 16.5. The normalized spacial score (nSPS) is 12.4. The number of rotatable bonds is 33. The first-order chi connectivity index (χ1) is 19.3. The maximum Gasteiger partial charge on any atom is 0.102 e. The topological polar surface area (TPSA) is 18.5 Å². The fourth-order valence-electron chi connectivity index (χ4n) is 5.58. The Morgan fingerprint density at radius 3 is 0.825 bits per heavy atom. The Labute approximate surface area is 254 Å². The zero-order chi connectivity index (χ0) is 29.6. The average molecular weight is 571 g/mol. The third-order valence-corrected chi connectivity index (χ3v) is 8.79. The van der Waals surface area contributed by atoms with Crippen molar-refractivity contribution in [3.8, 4) is 0 Å². The minimum atomic E-state index is 0.727. The molecule has 0 spiro atoms. The molecular formula is C36H78N2O2+2. The van der Waals surface area contributed by atoms with Crippen molar-refractivity contribution in [2.75, 3.05) is 80.8 Å². The van der Waals surface area contributed by atoms with E-state index < -0.39 is 0 Å². The first kappa shape index (κ1) is 39.8. The van der Waals surface area contributed by atoms with Gasteiger partial charge in [-0.1, -0.05) is 129 Å². The van der Waals surface area contributed by atoms with Crippen LogP contribution in [-0.4, -0.2) is 89.8 Å². The lowest BCUT2D eigenvalue weighted by molar-refractivity contribution is -0.891. The molecule has 0 aliphatic rings. The largest absolute Gasteiger partial charge is 0.373 e. The van der Waals surface area contributed by atoms with Crippen molar-refractivity contribution in [2.45, 2.75) is 155 Å². The van der Waals surface area contributed by atoms with Gasteiger partial charge >= 0.3 is 0 Å². The minimum absolute atomic E-state index is 0.727. The van der Waals surface area contributed by atoms with Crippen LogP contribution < -0.4 is 0 Å². The summed E-state index contributed by atoms with van der Waals surface area (Å²) in [5.74, 6) is 0. The molecular weight excluding hydrogens is 492 g/mol. The molecule has 0 N–H and O–H groups in total. The molecule has 0 bridgehead atoms. The van der Waals surface area contributed by atoms with E-state index in [-0.39, 0.29) is 0 Å². The summed E-state index contributed by atoms with van der Waals surface area (Å²) in [4.78, 5) is 0. The van der Waals surface area contributed by atoms with E-state index in [0.717, 1.165) is 48.5 Å². The van der Waals surface area contributed by atoms with Gasteiger partial charge in [-0.15, -0.1) is 0 Å². The molecule has 0 aromatic rings. The van der Waals surface area contributed by atoms with Crippen molar-refractivity contribution < 1.29 is 18.4 Å². The smallest absolute Gasteiger partial charge is 0.102 e. The van der Waals surface area contributed by atoms with Crippen LogP contribution in [0.2, 0.25) is 0 Å². The first-order valence-electron chi connectivity index (χ1n) is 18.1. The summed E-state index contributed by atoms with van der Waals surface area (Å²) in [6, 6.07) is 0. The summed E-state index contributed by atoms with van der Waals surface area (Å²) in [6.07, 6.45) is 31.2. The molecule has 0 fully saturated rings. The van der Waals surface area contributed by atoms with Crippen molar-refractivity contribution in [1.82, 2.24) is 0 Å². The SMILES string of the molecule is CCCCCCCCCCCCCC[N+](C)(C)CCOCCOCC[N+](C)(C)CCCCCCCCCCCC. The Bertz CT molecular complexity index is 495. The van der Waals surface area contributed by atoms with Gasteiger partial charge in [0.1, 0.15) is 13.1 Å². The summed E-state index contributed by atoms with van der Waals surface area (Å²) in [5.41, 5.74) is 0. The average Bonchev–Trinajstić information content (AvgIpc) is 2.91. The second-order valence-corrected chi connectivity index (χ2v) is 14.1. The molecule has 0 radical (unpaired) electrons. The van der Waals surface area contributed by atoms with Gasteiger partial charge in [0, 0.05) is 0 Å². The van der Waals surface area contributed by atoms with E-state index in [0.29, 0.717) is 0 Å². The highest BCUT2D eigenvalue weighted by molar-refractivity contribution is 4.50. The van der Waals surface area contributed by atoms with Crippen LogP contribution in [0.5, 0.6) is 0 Å². The molecule has 0 aromatic heterocycles. The molecule has 0 unspecified atom stereocenters. The molecule has 0 saturated carbocycles. The fourth-order valence-corrected chi connectivity index (χ4v) is 5.58. The number of nitrogens with zero attached hydrogens (tertiary/aromatic N) is 2. The van der Waals surface area contributed by atoms with Crippen molar-refractivity contribution in [2.24, 2.45) is 0 Å². The summed E-state index contributed by atoms with van der Waals surface area (Å²) >= 11 is 0. The maximum absolute atomic E-state index is 5.91. The van der Waals surface area contributed by atoms with Crippen LogP contribution in [0.15, 0.2) is 0 Å². The number of quaternary nitrogens is 2. The van der Waals surface area contributed by atoms with Crippen LogP contribution in [0.25, 0.3) is 0 Å². The zero-order valence-electron chi connectivity index (χ0n) is 28.9. The summed E-state index contributed by atoms with van der Waals surface area (Å²) < 4.78 is 14.0. The highest BCUT2D eigenvalue weighted by Gasteiger charge is 2.15. The second kappa shape index (κ2) is 28.9. The Balaban J connectivity index is 3.47. The number of likely N-dealkylation sites (N-methyl/N-ethyl adjacent to an activating group) is 2. The molecule has 0 aliphatic heterocycles. The molecule has 0 aromatic carbocycles. The van der Waals surface area contributed by atoms with Crippen molar-refractivity contribution in [3.05, 3.63) is 0 Å². The predicted molar refractivity (Wildman–Crippen MR) is 178 cm³/mol. The monoisotopic (exact) mass is 571 g/mol. The van der Waals surface area contributed by atoms with Crippen LogP contribution in [0.4, 0.5) is 0 Å². The zero-order valence-corrected chi connectivity index (χ0v) is 28.9. The molecule has 0 rings (SSSR count). The molecule has 0 atom stereocenters. The van der Waals surface area contributed by atoms with Crippen LogP contribution in [-0.2, 0) is 9.47 Å².